The third-order valence-corrected chi connectivity index (χ3v) is 8.92. The van der Waals surface area contributed by atoms with Gasteiger partial charge in [0.05, 0.1) is 29.7 Å². The fraction of sp³-hybridized carbons (Fsp3) is 0.393. The van der Waals surface area contributed by atoms with Gasteiger partial charge in [-0.05, 0) is 51.1 Å². The highest BCUT2D eigenvalue weighted by Crippen LogP contribution is 2.31. The number of benzene rings is 2. The minimum absolute atomic E-state index is 0.0210. The van der Waals surface area contributed by atoms with Gasteiger partial charge in [-0.15, -0.1) is 0 Å². The van der Waals surface area contributed by atoms with Crippen LogP contribution < -0.4 is 15.4 Å². The van der Waals surface area contributed by atoms with Gasteiger partial charge in [-0.3, -0.25) is 4.79 Å². The van der Waals surface area contributed by atoms with E-state index < -0.39 is 28.2 Å². The monoisotopic (exact) mass is 585 g/mol. The second-order valence-electron chi connectivity index (χ2n) is 10.2. The number of likely N-dealkylation sites (N-methyl/N-ethyl adjacent to an activating group) is 1. The van der Waals surface area contributed by atoms with Crippen molar-refractivity contribution < 1.29 is 32.4 Å². The summed E-state index contributed by atoms with van der Waals surface area (Å²) in [4.78, 5) is 28.1. The van der Waals surface area contributed by atoms with Gasteiger partial charge < -0.3 is 29.9 Å². The molecule has 220 valence electrons. The van der Waals surface area contributed by atoms with Crippen LogP contribution >= 0.6 is 0 Å². The highest BCUT2D eigenvalue weighted by molar-refractivity contribution is 7.89. The summed E-state index contributed by atoms with van der Waals surface area (Å²) >= 11 is 0. The second-order valence-corrected chi connectivity index (χ2v) is 12.3. The first-order valence-electron chi connectivity index (χ1n) is 13.2. The lowest BCUT2D eigenvalue weighted by atomic mass is 9.99. The van der Waals surface area contributed by atoms with E-state index in [1.54, 1.807) is 56.0 Å². The van der Waals surface area contributed by atoms with Gasteiger partial charge in [-0.2, -0.15) is 4.31 Å². The number of carbonyl (C=O) groups is 2. The molecule has 1 aliphatic rings. The number of anilines is 2. The summed E-state index contributed by atoms with van der Waals surface area (Å²) < 4.78 is 39.0. The molecule has 2 aromatic carbocycles. The van der Waals surface area contributed by atoms with E-state index in [1.807, 2.05) is 6.92 Å². The number of aliphatic hydroxyl groups is 1. The predicted octanol–water partition coefficient (Wildman–Crippen LogP) is 3.48. The maximum Gasteiger partial charge on any atom is 0.323 e. The standard InChI is InChI=1S/C28H35N5O7S/c1-17-14-33(18(2)16-34)27(35)23-13-21(29-28(36)30-26-19(3)31-40-20(26)4)11-12-24(23)39-25(17)15-32(5)41(37,38)22-9-7-6-8-10-22/h6-13,17-18,25,34H,14-16H2,1-5H3,(H2,29,30,36)/t17-,18-,25+/m0/s1. The molecule has 3 atom stereocenters. The number of nitrogens with one attached hydrogen (secondary N) is 2. The Morgan fingerprint density at radius 3 is 2.54 bits per heavy atom. The molecule has 2 heterocycles. The van der Waals surface area contributed by atoms with E-state index in [9.17, 15) is 23.1 Å². The van der Waals surface area contributed by atoms with Gasteiger partial charge >= 0.3 is 6.03 Å². The fourth-order valence-electron chi connectivity index (χ4n) is 4.58. The molecule has 3 amide bonds. The van der Waals surface area contributed by atoms with Crippen molar-refractivity contribution >= 4 is 33.3 Å². The summed E-state index contributed by atoms with van der Waals surface area (Å²) in [7, 11) is -2.30. The molecule has 13 heteroatoms. The Labute approximate surface area is 239 Å². The number of urea groups is 1. The molecule has 0 aliphatic carbocycles. The summed E-state index contributed by atoms with van der Waals surface area (Å²) in [6.45, 7) is 6.95. The van der Waals surface area contributed by atoms with E-state index in [1.165, 1.54) is 29.6 Å². The molecule has 0 fully saturated rings. The molecule has 0 bridgehead atoms. The van der Waals surface area contributed by atoms with E-state index in [2.05, 4.69) is 15.8 Å². The Morgan fingerprint density at radius 2 is 1.90 bits per heavy atom. The van der Waals surface area contributed by atoms with Crippen molar-refractivity contribution in [3.8, 4) is 5.75 Å². The lowest BCUT2D eigenvalue weighted by Crippen LogP contribution is -2.50. The normalized spacial score (nSPS) is 18.2. The van der Waals surface area contributed by atoms with E-state index in [0.29, 0.717) is 22.8 Å². The van der Waals surface area contributed by atoms with Crippen LogP contribution in [0.1, 0.15) is 35.7 Å². The number of carbonyl (C=O) groups excluding carboxylic acids is 2. The number of aromatic nitrogens is 1. The number of amides is 3. The SMILES string of the molecule is Cc1noc(C)c1NC(=O)Nc1ccc2c(c1)C(=O)N([C@@H](C)CO)C[C@H](C)[C@@H](CN(C)S(=O)(=O)c1ccccc1)O2. The van der Waals surface area contributed by atoms with Crippen LogP contribution in [0.5, 0.6) is 5.75 Å². The van der Waals surface area contributed by atoms with E-state index in [-0.39, 0.29) is 47.7 Å². The Balaban J connectivity index is 1.62. The van der Waals surface area contributed by atoms with Crippen molar-refractivity contribution in [1.82, 2.24) is 14.4 Å². The van der Waals surface area contributed by atoms with Crippen LogP contribution in [0.25, 0.3) is 0 Å². The quantitative estimate of drug-likeness (QED) is 0.363. The molecular weight excluding hydrogens is 550 g/mol. The van der Waals surface area contributed by atoms with Crippen molar-refractivity contribution in [3.05, 3.63) is 65.5 Å². The van der Waals surface area contributed by atoms with Gasteiger partial charge in [0.25, 0.3) is 5.91 Å². The van der Waals surface area contributed by atoms with Crippen LogP contribution in [0.4, 0.5) is 16.2 Å². The Bertz CT molecular complexity index is 1490. The molecule has 0 saturated carbocycles. The molecule has 0 saturated heterocycles. The van der Waals surface area contributed by atoms with Gasteiger partial charge in [0.15, 0.2) is 5.76 Å². The van der Waals surface area contributed by atoms with Gasteiger partial charge in [-0.25, -0.2) is 13.2 Å². The summed E-state index contributed by atoms with van der Waals surface area (Å²) in [6, 6.07) is 11.7. The lowest BCUT2D eigenvalue weighted by molar-refractivity contribution is 0.0387. The van der Waals surface area contributed by atoms with Crippen LogP contribution in [-0.4, -0.2) is 78.7 Å². The number of ether oxygens (including phenoxy) is 1. The number of hydrogen-bond donors (Lipinski definition) is 3. The third kappa shape index (κ3) is 6.53. The highest BCUT2D eigenvalue weighted by atomic mass is 32.2. The predicted molar refractivity (Wildman–Crippen MR) is 152 cm³/mol. The molecule has 0 radical (unpaired) electrons. The minimum Gasteiger partial charge on any atom is -0.488 e. The average molecular weight is 586 g/mol. The van der Waals surface area contributed by atoms with Crippen LogP contribution in [-0.2, 0) is 10.0 Å². The summed E-state index contributed by atoms with van der Waals surface area (Å²) in [5.74, 6) is 0.0244. The zero-order valence-corrected chi connectivity index (χ0v) is 24.4. The number of fused-ring (bicyclic) bond motifs is 1. The Morgan fingerprint density at radius 1 is 1.20 bits per heavy atom. The summed E-state index contributed by atoms with van der Waals surface area (Å²) in [5, 5.41) is 19.1. The highest BCUT2D eigenvalue weighted by Gasteiger charge is 2.35. The number of hydrogen-bond acceptors (Lipinski definition) is 8. The van der Waals surface area contributed by atoms with Crippen LogP contribution in [0, 0.1) is 19.8 Å². The fourth-order valence-corrected chi connectivity index (χ4v) is 5.78. The Kier molecular flexibility index (Phi) is 9.00. The minimum atomic E-state index is -3.79. The van der Waals surface area contributed by atoms with Gasteiger partial charge in [0, 0.05) is 25.2 Å². The number of sulfonamides is 1. The maximum atomic E-state index is 13.7. The molecule has 4 rings (SSSR count). The van der Waals surface area contributed by atoms with Crippen molar-refractivity contribution in [3.63, 3.8) is 0 Å². The van der Waals surface area contributed by atoms with Crippen LogP contribution in [0.2, 0.25) is 0 Å². The van der Waals surface area contributed by atoms with Crippen LogP contribution in [0.15, 0.2) is 57.9 Å². The first-order valence-corrected chi connectivity index (χ1v) is 14.6. The molecular formula is C28H35N5O7S. The molecule has 1 aromatic heterocycles. The molecule has 0 spiro atoms. The molecule has 3 N–H and O–H groups in total. The van der Waals surface area contributed by atoms with E-state index in [0.717, 1.165) is 0 Å². The summed E-state index contributed by atoms with van der Waals surface area (Å²) in [5.41, 5.74) is 1.47. The molecule has 0 unspecified atom stereocenters. The second kappa shape index (κ2) is 12.3. The van der Waals surface area contributed by atoms with Crippen molar-refractivity contribution in [2.45, 2.75) is 44.7 Å². The zero-order valence-electron chi connectivity index (χ0n) is 23.6. The zero-order chi connectivity index (χ0) is 29.9. The molecule has 41 heavy (non-hydrogen) atoms. The maximum absolute atomic E-state index is 13.7. The average Bonchev–Trinajstić information content (AvgIpc) is 3.27. The number of nitrogens with zero attached hydrogens (tertiary/aromatic N) is 3. The smallest absolute Gasteiger partial charge is 0.323 e. The van der Waals surface area contributed by atoms with Gasteiger partial charge in [0.2, 0.25) is 10.0 Å². The number of aliphatic hydroxyl groups excluding tert-OH is 1. The van der Waals surface area contributed by atoms with E-state index >= 15 is 0 Å². The Hall–Kier alpha value is -3.94. The lowest BCUT2D eigenvalue weighted by Gasteiger charge is -2.38. The van der Waals surface area contributed by atoms with Crippen molar-refractivity contribution in [2.75, 3.05) is 37.4 Å². The van der Waals surface area contributed by atoms with Crippen LogP contribution in [0.3, 0.4) is 0 Å². The summed E-state index contributed by atoms with van der Waals surface area (Å²) in [6.07, 6.45) is -0.625. The largest absolute Gasteiger partial charge is 0.488 e. The first kappa shape index (κ1) is 30.0. The molecule has 3 aromatic rings. The number of aryl methyl sites for hydroxylation is 2. The van der Waals surface area contributed by atoms with Gasteiger partial charge in [-0.1, -0.05) is 30.3 Å². The third-order valence-electron chi connectivity index (χ3n) is 7.08. The molecule has 12 nitrogen and oxygen atoms in total. The molecule has 1 aliphatic heterocycles. The van der Waals surface area contributed by atoms with Crippen molar-refractivity contribution in [1.29, 1.82) is 0 Å². The number of rotatable bonds is 8. The van der Waals surface area contributed by atoms with Gasteiger partial charge in [0.1, 0.15) is 23.2 Å². The van der Waals surface area contributed by atoms with E-state index in [4.69, 9.17) is 9.26 Å². The topological polar surface area (TPSA) is 154 Å². The van der Waals surface area contributed by atoms with Crippen molar-refractivity contribution in [2.24, 2.45) is 5.92 Å². The first-order chi connectivity index (χ1) is 19.4.